The number of aromatic nitrogens is 2. The molecule has 0 fully saturated rings. The Balaban J connectivity index is 1.27. The summed E-state index contributed by atoms with van der Waals surface area (Å²) in [4.78, 5) is 9.94. The molecule has 0 aliphatic heterocycles. The van der Waals surface area contributed by atoms with Crippen LogP contribution in [-0.2, 0) is 0 Å². The van der Waals surface area contributed by atoms with Crippen molar-refractivity contribution in [1.82, 2.24) is 9.97 Å². The number of pyridine rings is 2. The molecule has 2 aromatic heterocycles. The van der Waals surface area contributed by atoms with Crippen molar-refractivity contribution in [3.63, 3.8) is 0 Å². The van der Waals surface area contributed by atoms with Crippen LogP contribution in [0.3, 0.4) is 0 Å². The fourth-order valence-corrected chi connectivity index (χ4v) is 6.08. The van der Waals surface area contributed by atoms with Crippen LogP contribution in [0.5, 0.6) is 0 Å². The number of rotatable bonds is 5. The average Bonchev–Trinajstić information content (AvgIpc) is 3.12. The lowest BCUT2D eigenvalue weighted by molar-refractivity contribution is 1.29. The molecular formula is C42H28N2. The first kappa shape index (κ1) is 25.8. The number of hydrogen-bond donors (Lipinski definition) is 0. The van der Waals surface area contributed by atoms with Gasteiger partial charge in [0.1, 0.15) is 0 Å². The zero-order valence-electron chi connectivity index (χ0n) is 24.1. The van der Waals surface area contributed by atoms with Gasteiger partial charge in [0, 0.05) is 17.0 Å². The van der Waals surface area contributed by atoms with Crippen molar-refractivity contribution >= 4 is 21.7 Å². The van der Waals surface area contributed by atoms with Crippen molar-refractivity contribution in [2.24, 2.45) is 0 Å². The molecule has 0 aliphatic carbocycles. The molecule has 0 bridgehead atoms. The van der Waals surface area contributed by atoms with Gasteiger partial charge in [-0.25, -0.2) is 4.98 Å². The molecule has 0 N–H and O–H groups in total. The SMILES string of the molecule is c1ccc(-c2ccc(-c3cc(-c4ccccc4)cc(-c4ccnc(-c5nc6ccccc6c6ccccc56)c4)c3)cc2)cc1. The second-order valence-electron chi connectivity index (χ2n) is 11.1. The van der Waals surface area contributed by atoms with Crippen LogP contribution in [0.15, 0.2) is 170 Å². The van der Waals surface area contributed by atoms with Crippen LogP contribution in [0.1, 0.15) is 0 Å². The highest BCUT2D eigenvalue weighted by molar-refractivity contribution is 6.10. The van der Waals surface area contributed by atoms with Gasteiger partial charge in [-0.05, 0) is 86.3 Å². The maximum Gasteiger partial charge on any atom is 0.0972 e. The second-order valence-corrected chi connectivity index (χ2v) is 11.1. The second kappa shape index (κ2) is 11.1. The van der Waals surface area contributed by atoms with Gasteiger partial charge in [0.05, 0.1) is 16.9 Å². The summed E-state index contributed by atoms with van der Waals surface area (Å²) in [6, 6.07) is 57.9. The summed E-state index contributed by atoms with van der Waals surface area (Å²) in [5, 5.41) is 3.45. The number of hydrogen-bond acceptors (Lipinski definition) is 2. The molecule has 2 heteroatoms. The molecule has 0 unspecified atom stereocenters. The van der Waals surface area contributed by atoms with Crippen LogP contribution in [0.4, 0.5) is 0 Å². The third-order valence-corrected chi connectivity index (χ3v) is 8.31. The minimum absolute atomic E-state index is 0.864. The Morgan fingerprint density at radius 1 is 0.318 bits per heavy atom. The Morgan fingerprint density at radius 2 is 0.795 bits per heavy atom. The first-order valence-corrected chi connectivity index (χ1v) is 14.9. The molecule has 6 aromatic carbocycles. The topological polar surface area (TPSA) is 25.8 Å². The molecule has 2 nitrogen and oxygen atoms in total. The van der Waals surface area contributed by atoms with E-state index in [-0.39, 0.29) is 0 Å². The zero-order chi connectivity index (χ0) is 29.3. The monoisotopic (exact) mass is 560 g/mol. The van der Waals surface area contributed by atoms with Crippen molar-refractivity contribution in [3.8, 4) is 55.9 Å². The van der Waals surface area contributed by atoms with E-state index in [9.17, 15) is 0 Å². The number of nitrogens with zero attached hydrogens (tertiary/aromatic N) is 2. The minimum atomic E-state index is 0.864. The molecule has 0 aliphatic rings. The van der Waals surface area contributed by atoms with Gasteiger partial charge in [-0.1, -0.05) is 127 Å². The van der Waals surface area contributed by atoms with Crippen molar-refractivity contribution in [1.29, 1.82) is 0 Å². The fraction of sp³-hybridized carbons (Fsp3) is 0. The quantitative estimate of drug-likeness (QED) is 0.196. The molecule has 206 valence electrons. The standard InChI is InChI=1S/C42H28N2/c1-3-11-29(12-4-1)31-19-21-32(22-20-31)35-25-34(30-13-5-2-6-14-30)26-36(27-35)33-23-24-43-41(28-33)42-39-17-8-7-15-37(39)38-16-9-10-18-40(38)44-42/h1-28H. The first-order chi connectivity index (χ1) is 21.8. The molecule has 0 amide bonds. The highest BCUT2D eigenvalue weighted by Gasteiger charge is 2.13. The maximum atomic E-state index is 5.11. The van der Waals surface area contributed by atoms with Gasteiger partial charge in [0.25, 0.3) is 0 Å². The van der Waals surface area contributed by atoms with E-state index >= 15 is 0 Å². The molecule has 2 heterocycles. The van der Waals surface area contributed by atoms with E-state index in [0.717, 1.165) is 38.8 Å². The van der Waals surface area contributed by atoms with Gasteiger partial charge in [-0.15, -0.1) is 0 Å². The number of fused-ring (bicyclic) bond motifs is 3. The van der Waals surface area contributed by atoms with Crippen LogP contribution in [0.25, 0.3) is 77.6 Å². The van der Waals surface area contributed by atoms with Crippen LogP contribution in [0.2, 0.25) is 0 Å². The molecular weight excluding hydrogens is 532 g/mol. The number of benzene rings is 6. The summed E-state index contributed by atoms with van der Waals surface area (Å²) in [5.41, 5.74) is 12.1. The van der Waals surface area contributed by atoms with Gasteiger partial charge in [0.2, 0.25) is 0 Å². The molecule has 44 heavy (non-hydrogen) atoms. The van der Waals surface area contributed by atoms with Crippen LogP contribution < -0.4 is 0 Å². The zero-order valence-corrected chi connectivity index (χ0v) is 24.1. The third kappa shape index (κ3) is 4.83. The predicted octanol–water partition coefficient (Wildman–Crippen LogP) is 11.1. The largest absolute Gasteiger partial charge is 0.255 e. The first-order valence-electron chi connectivity index (χ1n) is 14.9. The summed E-state index contributed by atoms with van der Waals surface area (Å²) in [6.07, 6.45) is 1.90. The highest BCUT2D eigenvalue weighted by Crippen LogP contribution is 2.36. The molecule has 0 atom stereocenters. The van der Waals surface area contributed by atoms with Gasteiger partial charge < -0.3 is 0 Å². The molecule has 0 radical (unpaired) electrons. The van der Waals surface area contributed by atoms with Crippen molar-refractivity contribution in [2.75, 3.05) is 0 Å². The number of para-hydroxylation sites is 1. The van der Waals surface area contributed by atoms with Gasteiger partial charge in [-0.3, -0.25) is 4.98 Å². The Labute approximate surface area is 257 Å². The van der Waals surface area contributed by atoms with E-state index in [1.165, 1.54) is 38.8 Å². The van der Waals surface area contributed by atoms with Gasteiger partial charge in [-0.2, -0.15) is 0 Å². The summed E-state index contributed by atoms with van der Waals surface area (Å²) in [5.74, 6) is 0. The van der Waals surface area contributed by atoms with Gasteiger partial charge >= 0.3 is 0 Å². The Morgan fingerprint density at radius 3 is 1.45 bits per heavy atom. The summed E-state index contributed by atoms with van der Waals surface area (Å²) >= 11 is 0. The molecule has 8 aromatic rings. The normalized spacial score (nSPS) is 11.2. The Hall–Kier alpha value is -5.86. The van der Waals surface area contributed by atoms with E-state index in [1.807, 2.05) is 12.3 Å². The van der Waals surface area contributed by atoms with E-state index in [2.05, 4.69) is 158 Å². The fourth-order valence-electron chi connectivity index (χ4n) is 6.08. The van der Waals surface area contributed by atoms with E-state index in [0.29, 0.717) is 0 Å². The Kier molecular flexibility index (Phi) is 6.51. The van der Waals surface area contributed by atoms with E-state index in [1.54, 1.807) is 0 Å². The van der Waals surface area contributed by atoms with Crippen molar-refractivity contribution < 1.29 is 0 Å². The molecule has 0 spiro atoms. The van der Waals surface area contributed by atoms with Crippen LogP contribution >= 0.6 is 0 Å². The van der Waals surface area contributed by atoms with Crippen LogP contribution in [0, 0.1) is 0 Å². The smallest absolute Gasteiger partial charge is 0.0972 e. The van der Waals surface area contributed by atoms with Crippen molar-refractivity contribution in [2.45, 2.75) is 0 Å². The van der Waals surface area contributed by atoms with Crippen molar-refractivity contribution in [3.05, 3.63) is 170 Å². The summed E-state index contributed by atoms with van der Waals surface area (Å²) < 4.78 is 0. The van der Waals surface area contributed by atoms with Crippen LogP contribution in [-0.4, -0.2) is 9.97 Å². The van der Waals surface area contributed by atoms with E-state index < -0.39 is 0 Å². The Bertz CT molecular complexity index is 2250. The minimum Gasteiger partial charge on any atom is -0.255 e. The molecule has 0 saturated carbocycles. The predicted molar refractivity (Wildman–Crippen MR) is 184 cm³/mol. The lowest BCUT2D eigenvalue weighted by Gasteiger charge is -2.13. The van der Waals surface area contributed by atoms with E-state index in [4.69, 9.17) is 9.97 Å². The third-order valence-electron chi connectivity index (χ3n) is 8.31. The van der Waals surface area contributed by atoms with Gasteiger partial charge in [0.15, 0.2) is 0 Å². The average molecular weight is 561 g/mol. The molecule has 0 saturated heterocycles. The lowest BCUT2D eigenvalue weighted by Crippen LogP contribution is -1.93. The maximum absolute atomic E-state index is 5.11. The summed E-state index contributed by atoms with van der Waals surface area (Å²) in [7, 11) is 0. The lowest BCUT2D eigenvalue weighted by atomic mass is 9.92. The molecule has 8 rings (SSSR count). The highest BCUT2D eigenvalue weighted by atomic mass is 14.8. The summed E-state index contributed by atoms with van der Waals surface area (Å²) in [6.45, 7) is 0.